The Labute approximate surface area is 87.7 Å². The lowest BCUT2D eigenvalue weighted by Gasteiger charge is -2.09. The van der Waals surface area contributed by atoms with Crippen LogP contribution in [-0.2, 0) is 6.18 Å². The van der Waals surface area contributed by atoms with E-state index in [1.165, 1.54) is 6.07 Å². The predicted molar refractivity (Wildman–Crippen MR) is 46.2 cm³/mol. The quantitative estimate of drug-likeness (QED) is 0.674. The van der Waals surface area contributed by atoms with Gasteiger partial charge in [0.05, 0.1) is 21.2 Å². The molecule has 0 unspecified atom stereocenters. The summed E-state index contributed by atoms with van der Waals surface area (Å²) in [6, 6.07) is 3.11. The standard InChI is InChI=1S/C8H2Cl2F3N/c9-6-2-1-5(8(11,12)13)4(3-14)7(6)10/h1-2H. The minimum absolute atomic E-state index is 0.0729. The monoisotopic (exact) mass is 239 g/mol. The van der Waals surface area contributed by atoms with Gasteiger partial charge < -0.3 is 0 Å². The highest BCUT2D eigenvalue weighted by atomic mass is 35.5. The van der Waals surface area contributed by atoms with Gasteiger partial charge in [-0.15, -0.1) is 0 Å². The highest BCUT2D eigenvalue weighted by Crippen LogP contribution is 2.37. The summed E-state index contributed by atoms with van der Waals surface area (Å²) < 4.78 is 36.9. The molecule has 0 N–H and O–H groups in total. The Morgan fingerprint density at radius 3 is 2.21 bits per heavy atom. The number of hydrogen-bond acceptors (Lipinski definition) is 1. The Morgan fingerprint density at radius 2 is 1.79 bits per heavy atom. The van der Waals surface area contributed by atoms with Crippen LogP contribution in [0.5, 0.6) is 0 Å². The molecule has 0 spiro atoms. The van der Waals surface area contributed by atoms with E-state index in [0.29, 0.717) is 0 Å². The smallest absolute Gasteiger partial charge is 0.192 e. The number of benzene rings is 1. The van der Waals surface area contributed by atoms with Gasteiger partial charge >= 0.3 is 6.18 Å². The molecule has 0 aliphatic heterocycles. The van der Waals surface area contributed by atoms with E-state index in [4.69, 9.17) is 28.5 Å². The number of halogens is 5. The molecule has 0 amide bonds. The van der Waals surface area contributed by atoms with Crippen molar-refractivity contribution in [1.82, 2.24) is 0 Å². The second-order valence-electron chi connectivity index (χ2n) is 2.39. The summed E-state index contributed by atoms with van der Waals surface area (Å²) in [5.74, 6) is 0. The molecule has 1 rings (SSSR count). The Balaban J connectivity index is 3.49. The summed E-state index contributed by atoms with van der Waals surface area (Å²) in [5, 5.41) is 8.05. The zero-order valence-corrected chi connectivity index (χ0v) is 8.00. The molecular formula is C8H2Cl2F3N. The summed E-state index contributed by atoms with van der Waals surface area (Å²) in [7, 11) is 0. The summed E-state index contributed by atoms with van der Waals surface area (Å²) >= 11 is 10.9. The van der Waals surface area contributed by atoms with Crippen LogP contribution in [0, 0.1) is 11.3 Å². The third kappa shape index (κ3) is 1.94. The maximum absolute atomic E-state index is 12.3. The first kappa shape index (κ1) is 11.2. The van der Waals surface area contributed by atoms with E-state index in [0.717, 1.165) is 12.1 Å². The van der Waals surface area contributed by atoms with Crippen molar-refractivity contribution in [3.05, 3.63) is 33.3 Å². The van der Waals surface area contributed by atoms with Gasteiger partial charge in [-0.05, 0) is 12.1 Å². The van der Waals surface area contributed by atoms with Gasteiger partial charge in [0.2, 0.25) is 0 Å². The van der Waals surface area contributed by atoms with Crippen molar-refractivity contribution < 1.29 is 13.2 Å². The van der Waals surface area contributed by atoms with Crippen LogP contribution < -0.4 is 0 Å². The van der Waals surface area contributed by atoms with Gasteiger partial charge in [0.15, 0.2) is 0 Å². The molecular weight excluding hydrogens is 238 g/mol. The van der Waals surface area contributed by atoms with Crippen LogP contribution >= 0.6 is 23.2 Å². The lowest BCUT2D eigenvalue weighted by atomic mass is 10.1. The molecule has 0 aromatic heterocycles. The van der Waals surface area contributed by atoms with E-state index in [1.807, 2.05) is 0 Å². The molecule has 0 atom stereocenters. The first-order valence-electron chi connectivity index (χ1n) is 3.33. The van der Waals surface area contributed by atoms with Crippen molar-refractivity contribution in [1.29, 1.82) is 5.26 Å². The Kier molecular flexibility index (Phi) is 2.93. The van der Waals surface area contributed by atoms with Crippen LogP contribution in [0.15, 0.2) is 12.1 Å². The molecule has 1 aromatic carbocycles. The molecule has 0 fully saturated rings. The van der Waals surface area contributed by atoms with Gasteiger partial charge in [-0.3, -0.25) is 0 Å². The Hall–Kier alpha value is -0.920. The van der Waals surface area contributed by atoms with E-state index in [2.05, 4.69) is 0 Å². The van der Waals surface area contributed by atoms with Crippen molar-refractivity contribution >= 4 is 23.2 Å². The second-order valence-corrected chi connectivity index (χ2v) is 3.18. The van der Waals surface area contributed by atoms with Gasteiger partial charge in [0.1, 0.15) is 6.07 Å². The topological polar surface area (TPSA) is 23.8 Å². The largest absolute Gasteiger partial charge is 0.417 e. The summed E-state index contributed by atoms with van der Waals surface area (Å²) in [6.07, 6.45) is -4.60. The molecule has 0 aliphatic rings. The molecule has 0 aliphatic carbocycles. The van der Waals surface area contributed by atoms with Gasteiger partial charge in [-0.25, -0.2) is 0 Å². The highest BCUT2D eigenvalue weighted by Gasteiger charge is 2.34. The van der Waals surface area contributed by atoms with E-state index in [-0.39, 0.29) is 10.0 Å². The molecule has 1 aromatic rings. The number of nitriles is 1. The molecule has 0 heterocycles. The van der Waals surface area contributed by atoms with Crippen LogP contribution in [-0.4, -0.2) is 0 Å². The van der Waals surface area contributed by atoms with E-state index in [1.54, 1.807) is 0 Å². The lowest BCUT2D eigenvalue weighted by molar-refractivity contribution is -0.137. The maximum atomic E-state index is 12.3. The lowest BCUT2D eigenvalue weighted by Crippen LogP contribution is -2.08. The Bertz CT molecular complexity index is 406. The fourth-order valence-electron chi connectivity index (χ4n) is 0.896. The SMILES string of the molecule is N#Cc1c(C(F)(F)F)ccc(Cl)c1Cl. The average Bonchev–Trinajstić information content (AvgIpc) is 2.07. The number of nitrogens with zero attached hydrogens (tertiary/aromatic N) is 1. The van der Waals surface area contributed by atoms with E-state index in [9.17, 15) is 13.2 Å². The van der Waals surface area contributed by atoms with Crippen LogP contribution in [0.3, 0.4) is 0 Å². The van der Waals surface area contributed by atoms with Crippen molar-refractivity contribution in [3.8, 4) is 6.07 Å². The van der Waals surface area contributed by atoms with E-state index >= 15 is 0 Å². The minimum Gasteiger partial charge on any atom is -0.192 e. The first-order valence-corrected chi connectivity index (χ1v) is 4.09. The summed E-state index contributed by atoms with van der Waals surface area (Å²) in [5.41, 5.74) is -1.72. The molecule has 0 saturated carbocycles. The van der Waals surface area contributed by atoms with Crippen molar-refractivity contribution in [2.45, 2.75) is 6.18 Å². The average molecular weight is 240 g/mol. The van der Waals surface area contributed by atoms with Crippen LogP contribution in [0.25, 0.3) is 0 Å². The third-order valence-corrected chi connectivity index (χ3v) is 2.32. The normalized spacial score (nSPS) is 11.1. The minimum atomic E-state index is -4.60. The number of hydrogen-bond donors (Lipinski definition) is 0. The molecule has 0 bridgehead atoms. The van der Waals surface area contributed by atoms with Crippen molar-refractivity contribution in [2.75, 3.05) is 0 Å². The third-order valence-electron chi connectivity index (χ3n) is 1.51. The fourth-order valence-corrected chi connectivity index (χ4v) is 1.26. The van der Waals surface area contributed by atoms with Gasteiger partial charge in [0, 0.05) is 0 Å². The van der Waals surface area contributed by atoms with Crippen LogP contribution in [0.2, 0.25) is 10.0 Å². The van der Waals surface area contributed by atoms with Gasteiger partial charge in [0.25, 0.3) is 0 Å². The molecule has 0 radical (unpaired) electrons. The zero-order valence-electron chi connectivity index (χ0n) is 6.49. The van der Waals surface area contributed by atoms with Crippen molar-refractivity contribution in [3.63, 3.8) is 0 Å². The second kappa shape index (κ2) is 3.68. The number of alkyl halides is 3. The molecule has 74 valence electrons. The molecule has 1 nitrogen and oxygen atoms in total. The molecule has 6 heteroatoms. The van der Waals surface area contributed by atoms with Gasteiger partial charge in [-0.1, -0.05) is 23.2 Å². The fraction of sp³-hybridized carbons (Fsp3) is 0.125. The van der Waals surface area contributed by atoms with Crippen molar-refractivity contribution in [2.24, 2.45) is 0 Å². The molecule has 14 heavy (non-hydrogen) atoms. The van der Waals surface area contributed by atoms with E-state index < -0.39 is 17.3 Å². The molecule has 0 saturated heterocycles. The van der Waals surface area contributed by atoms with Crippen LogP contribution in [0.4, 0.5) is 13.2 Å². The maximum Gasteiger partial charge on any atom is 0.417 e. The van der Waals surface area contributed by atoms with Crippen LogP contribution in [0.1, 0.15) is 11.1 Å². The zero-order chi connectivity index (χ0) is 10.9. The number of rotatable bonds is 0. The Morgan fingerprint density at radius 1 is 1.21 bits per heavy atom. The summed E-state index contributed by atoms with van der Waals surface area (Å²) in [6.45, 7) is 0. The first-order chi connectivity index (χ1) is 6.38. The predicted octanol–water partition coefficient (Wildman–Crippen LogP) is 3.88. The summed E-state index contributed by atoms with van der Waals surface area (Å²) in [4.78, 5) is 0. The highest BCUT2D eigenvalue weighted by molar-refractivity contribution is 6.42. The van der Waals surface area contributed by atoms with Gasteiger partial charge in [-0.2, -0.15) is 18.4 Å².